The molecule has 148 valence electrons. The highest BCUT2D eigenvalue weighted by Crippen LogP contribution is 2.37. The maximum Gasteiger partial charge on any atom is 0.341 e. The number of carbonyl (C=O) groups is 3. The number of rotatable bonds is 5. The second-order valence-corrected chi connectivity index (χ2v) is 6.60. The van der Waals surface area contributed by atoms with Gasteiger partial charge in [-0.15, -0.1) is 0 Å². The van der Waals surface area contributed by atoms with Gasteiger partial charge in [-0.05, 0) is 26.0 Å². The minimum absolute atomic E-state index is 0.0473. The molecule has 0 spiro atoms. The molecule has 8 nitrogen and oxygen atoms in total. The average molecular weight is 394 g/mol. The van der Waals surface area contributed by atoms with Crippen LogP contribution >= 0.6 is 0 Å². The minimum atomic E-state index is -0.604. The molecule has 1 aromatic heterocycles. The quantitative estimate of drug-likeness (QED) is 0.508. The number of Topliss-reactive ketones (excluding diaryl/α,β-unsaturated/α-hetero) is 1. The largest absolute Gasteiger partial charge is 0.454 e. The van der Waals surface area contributed by atoms with E-state index in [1.807, 2.05) is 18.2 Å². The van der Waals surface area contributed by atoms with Gasteiger partial charge in [-0.3, -0.25) is 9.59 Å². The summed E-state index contributed by atoms with van der Waals surface area (Å²) in [6.45, 7) is 2.70. The monoisotopic (exact) mass is 394 g/mol. The standard InChI is InChI=1S/C21H18N2O6/c1-11-20(13-5-3-4-6-15(13)22-11)21(26)27-9-19(25)23-16-8-18-17(28-10-29-18)7-14(16)12(2)24/h3-8,22H,9-10H2,1-2H3,(H,23,25). The lowest BCUT2D eigenvalue weighted by molar-refractivity contribution is -0.119. The van der Waals surface area contributed by atoms with Crippen molar-refractivity contribution in [2.24, 2.45) is 0 Å². The van der Waals surface area contributed by atoms with Gasteiger partial charge in [-0.1, -0.05) is 18.2 Å². The van der Waals surface area contributed by atoms with Crippen molar-refractivity contribution in [3.8, 4) is 11.5 Å². The number of amides is 1. The van der Waals surface area contributed by atoms with Crippen LogP contribution in [0.5, 0.6) is 11.5 Å². The van der Waals surface area contributed by atoms with Crippen molar-refractivity contribution >= 4 is 34.3 Å². The fraction of sp³-hybridized carbons (Fsp3) is 0.190. The molecule has 1 amide bonds. The van der Waals surface area contributed by atoms with Crippen LogP contribution < -0.4 is 14.8 Å². The van der Waals surface area contributed by atoms with Gasteiger partial charge in [0.15, 0.2) is 23.9 Å². The summed E-state index contributed by atoms with van der Waals surface area (Å²) in [5.41, 5.74) is 2.41. The molecule has 2 N–H and O–H groups in total. The van der Waals surface area contributed by atoms with Crippen molar-refractivity contribution in [2.45, 2.75) is 13.8 Å². The van der Waals surface area contributed by atoms with Crippen molar-refractivity contribution in [1.82, 2.24) is 4.98 Å². The van der Waals surface area contributed by atoms with E-state index in [-0.39, 0.29) is 23.8 Å². The van der Waals surface area contributed by atoms with Crippen LogP contribution in [0.3, 0.4) is 0 Å². The molecule has 4 rings (SSSR count). The molecule has 0 saturated carbocycles. The second kappa shape index (κ2) is 7.31. The molecule has 2 aromatic carbocycles. The van der Waals surface area contributed by atoms with Gasteiger partial charge in [0.05, 0.1) is 11.3 Å². The number of carbonyl (C=O) groups excluding carboxylic acids is 3. The molecular weight excluding hydrogens is 376 g/mol. The number of fused-ring (bicyclic) bond motifs is 2. The summed E-state index contributed by atoms with van der Waals surface area (Å²) < 4.78 is 15.7. The van der Waals surface area contributed by atoms with E-state index in [9.17, 15) is 14.4 Å². The van der Waals surface area contributed by atoms with E-state index in [2.05, 4.69) is 10.3 Å². The Hall–Kier alpha value is -3.81. The maximum absolute atomic E-state index is 12.5. The van der Waals surface area contributed by atoms with Crippen LogP contribution in [0.1, 0.15) is 33.3 Å². The van der Waals surface area contributed by atoms with Gasteiger partial charge in [0.25, 0.3) is 5.91 Å². The van der Waals surface area contributed by atoms with E-state index in [0.29, 0.717) is 22.8 Å². The summed E-state index contributed by atoms with van der Waals surface area (Å²) in [6, 6.07) is 10.4. The Morgan fingerprint density at radius 3 is 2.62 bits per heavy atom. The Kier molecular flexibility index (Phi) is 4.67. The smallest absolute Gasteiger partial charge is 0.341 e. The average Bonchev–Trinajstić information content (AvgIpc) is 3.27. The Morgan fingerprint density at radius 2 is 1.86 bits per heavy atom. The molecule has 3 aromatic rings. The first-order valence-electron chi connectivity index (χ1n) is 8.93. The number of para-hydroxylation sites is 1. The van der Waals surface area contributed by atoms with Crippen molar-refractivity contribution in [3.05, 3.63) is 53.2 Å². The summed E-state index contributed by atoms with van der Waals surface area (Å²) in [4.78, 5) is 39.9. The lowest BCUT2D eigenvalue weighted by Crippen LogP contribution is -2.22. The Labute approximate surface area is 165 Å². The van der Waals surface area contributed by atoms with Crippen molar-refractivity contribution in [1.29, 1.82) is 0 Å². The van der Waals surface area contributed by atoms with Crippen LogP contribution in [0.2, 0.25) is 0 Å². The van der Waals surface area contributed by atoms with Gasteiger partial charge in [0.2, 0.25) is 6.79 Å². The zero-order valence-corrected chi connectivity index (χ0v) is 15.8. The molecule has 0 unspecified atom stereocenters. The normalized spacial score (nSPS) is 12.1. The van der Waals surface area contributed by atoms with Crippen LogP contribution in [0.4, 0.5) is 5.69 Å². The first-order valence-corrected chi connectivity index (χ1v) is 8.93. The first kappa shape index (κ1) is 18.5. The maximum atomic E-state index is 12.5. The van der Waals surface area contributed by atoms with Crippen LogP contribution in [0.25, 0.3) is 10.9 Å². The van der Waals surface area contributed by atoms with Gasteiger partial charge in [-0.25, -0.2) is 4.79 Å². The third kappa shape index (κ3) is 3.52. The molecule has 0 radical (unpaired) electrons. The molecular formula is C21H18N2O6. The summed E-state index contributed by atoms with van der Waals surface area (Å²) in [5, 5.41) is 3.32. The number of aromatic amines is 1. The topological polar surface area (TPSA) is 107 Å². The zero-order chi connectivity index (χ0) is 20.5. The fourth-order valence-corrected chi connectivity index (χ4v) is 3.27. The van der Waals surface area contributed by atoms with E-state index in [1.54, 1.807) is 13.0 Å². The third-order valence-electron chi connectivity index (χ3n) is 4.60. The van der Waals surface area contributed by atoms with Crippen LogP contribution in [-0.2, 0) is 9.53 Å². The van der Waals surface area contributed by atoms with Crippen molar-refractivity contribution in [2.75, 3.05) is 18.7 Å². The summed E-state index contributed by atoms with van der Waals surface area (Å²) in [7, 11) is 0. The number of ketones is 1. The number of anilines is 1. The van der Waals surface area contributed by atoms with E-state index in [1.165, 1.54) is 19.1 Å². The highest BCUT2D eigenvalue weighted by atomic mass is 16.7. The minimum Gasteiger partial charge on any atom is -0.454 e. The van der Waals surface area contributed by atoms with Crippen molar-refractivity contribution < 1.29 is 28.6 Å². The molecule has 0 aliphatic carbocycles. The molecule has 0 atom stereocenters. The Morgan fingerprint density at radius 1 is 1.14 bits per heavy atom. The molecule has 1 aliphatic rings. The zero-order valence-electron chi connectivity index (χ0n) is 15.8. The third-order valence-corrected chi connectivity index (χ3v) is 4.60. The van der Waals surface area contributed by atoms with E-state index in [0.717, 1.165) is 10.9 Å². The lowest BCUT2D eigenvalue weighted by Gasteiger charge is -2.11. The Balaban J connectivity index is 1.47. The highest BCUT2D eigenvalue weighted by molar-refractivity contribution is 6.07. The van der Waals surface area contributed by atoms with Crippen molar-refractivity contribution in [3.63, 3.8) is 0 Å². The summed E-state index contributed by atoms with van der Waals surface area (Å²) in [5.74, 6) is -0.555. The van der Waals surface area contributed by atoms with Crippen LogP contribution in [-0.4, -0.2) is 36.0 Å². The summed E-state index contributed by atoms with van der Waals surface area (Å²) in [6.07, 6.45) is 0. The van der Waals surface area contributed by atoms with Crippen LogP contribution in [0.15, 0.2) is 36.4 Å². The number of esters is 1. The SMILES string of the molecule is CC(=O)c1cc2c(cc1NC(=O)COC(=O)c1c(C)[nH]c3ccccc13)OCO2. The molecule has 2 heterocycles. The molecule has 29 heavy (non-hydrogen) atoms. The first-order chi connectivity index (χ1) is 13.9. The number of aromatic nitrogens is 1. The number of benzene rings is 2. The Bertz CT molecular complexity index is 1150. The number of hydrogen-bond acceptors (Lipinski definition) is 6. The van der Waals surface area contributed by atoms with Crippen LogP contribution in [0, 0.1) is 6.92 Å². The summed E-state index contributed by atoms with van der Waals surface area (Å²) >= 11 is 0. The predicted octanol–water partition coefficient (Wildman–Crippen LogP) is 3.20. The number of nitrogens with one attached hydrogen (secondary N) is 2. The fourth-order valence-electron chi connectivity index (χ4n) is 3.27. The van der Waals surface area contributed by atoms with E-state index < -0.39 is 18.5 Å². The molecule has 8 heteroatoms. The lowest BCUT2D eigenvalue weighted by atomic mass is 10.1. The number of H-pyrrole nitrogens is 1. The molecule has 0 fully saturated rings. The second-order valence-electron chi connectivity index (χ2n) is 6.60. The predicted molar refractivity (Wildman–Crippen MR) is 105 cm³/mol. The van der Waals surface area contributed by atoms with Gasteiger partial charge < -0.3 is 24.5 Å². The highest BCUT2D eigenvalue weighted by Gasteiger charge is 2.22. The molecule has 0 bridgehead atoms. The van der Waals surface area contributed by atoms with Gasteiger partial charge in [-0.2, -0.15) is 0 Å². The molecule has 1 aliphatic heterocycles. The van der Waals surface area contributed by atoms with Gasteiger partial charge >= 0.3 is 5.97 Å². The number of aryl methyl sites for hydroxylation is 1. The van der Waals surface area contributed by atoms with Gasteiger partial charge in [0.1, 0.15) is 0 Å². The number of ether oxygens (including phenoxy) is 3. The number of hydrogen-bond donors (Lipinski definition) is 2. The van der Waals surface area contributed by atoms with Gasteiger partial charge in [0, 0.05) is 28.2 Å². The molecule has 0 saturated heterocycles. The van der Waals surface area contributed by atoms with E-state index in [4.69, 9.17) is 14.2 Å². The van der Waals surface area contributed by atoms with E-state index >= 15 is 0 Å².